The monoisotopic (exact) mass is 281 g/mol. The maximum Gasteiger partial charge on any atom is 0.0701 e. The summed E-state index contributed by atoms with van der Waals surface area (Å²) in [5.74, 6) is 0. The fourth-order valence-electron chi connectivity index (χ4n) is 1.83. The van der Waals surface area contributed by atoms with Gasteiger partial charge < -0.3 is 19.9 Å². The molecule has 0 unspecified atom stereocenters. The molecule has 0 bridgehead atoms. The van der Waals surface area contributed by atoms with E-state index in [0.717, 1.165) is 13.1 Å². The minimum atomic E-state index is 0.0644. The Labute approximate surface area is 122 Å². The van der Waals surface area contributed by atoms with Crippen molar-refractivity contribution in [3.05, 3.63) is 35.9 Å². The normalized spacial score (nSPS) is 11.8. The summed E-state index contributed by atoms with van der Waals surface area (Å²) in [6.45, 7) is 8.39. The molecule has 20 heavy (non-hydrogen) atoms. The average molecular weight is 281 g/mol. The van der Waals surface area contributed by atoms with E-state index in [4.69, 9.17) is 14.6 Å². The number of hydrogen-bond acceptors (Lipinski definition) is 4. The lowest BCUT2D eigenvalue weighted by Crippen LogP contribution is -2.33. The fourth-order valence-corrected chi connectivity index (χ4v) is 1.83. The van der Waals surface area contributed by atoms with Crippen molar-refractivity contribution in [2.24, 2.45) is 5.41 Å². The summed E-state index contributed by atoms with van der Waals surface area (Å²) in [5.41, 5.74) is 1.38. The minimum Gasteiger partial charge on any atom is -0.394 e. The average Bonchev–Trinajstić information content (AvgIpc) is 2.44. The third-order valence-corrected chi connectivity index (χ3v) is 2.88. The van der Waals surface area contributed by atoms with Crippen LogP contribution in [0.3, 0.4) is 0 Å². The molecular weight excluding hydrogens is 254 g/mol. The molecule has 1 aromatic rings. The maximum atomic E-state index is 8.57. The number of aliphatic hydroxyl groups is 1. The van der Waals surface area contributed by atoms with Gasteiger partial charge in [0.15, 0.2) is 0 Å². The van der Waals surface area contributed by atoms with E-state index < -0.39 is 0 Å². The maximum absolute atomic E-state index is 8.57. The van der Waals surface area contributed by atoms with Gasteiger partial charge in [0.1, 0.15) is 0 Å². The molecule has 0 radical (unpaired) electrons. The van der Waals surface area contributed by atoms with Crippen molar-refractivity contribution in [3.8, 4) is 0 Å². The Balaban J connectivity index is 2.08. The van der Waals surface area contributed by atoms with Crippen LogP contribution in [-0.2, 0) is 16.0 Å². The van der Waals surface area contributed by atoms with Crippen LogP contribution < -0.4 is 5.32 Å². The molecule has 0 atom stereocenters. The first kappa shape index (κ1) is 17.1. The third-order valence-electron chi connectivity index (χ3n) is 2.88. The zero-order valence-electron chi connectivity index (χ0n) is 12.6. The zero-order chi connectivity index (χ0) is 14.7. The molecule has 4 nitrogen and oxygen atoms in total. The molecule has 0 heterocycles. The van der Waals surface area contributed by atoms with Crippen molar-refractivity contribution in [2.75, 3.05) is 39.6 Å². The van der Waals surface area contributed by atoms with Gasteiger partial charge in [-0.15, -0.1) is 0 Å². The van der Waals surface area contributed by atoms with Crippen molar-refractivity contribution >= 4 is 0 Å². The molecule has 0 spiro atoms. The quantitative estimate of drug-likeness (QED) is 0.608. The van der Waals surface area contributed by atoms with Crippen molar-refractivity contribution in [3.63, 3.8) is 0 Å². The molecular formula is C16H27NO3. The Morgan fingerprint density at radius 1 is 1.05 bits per heavy atom. The first-order valence-electron chi connectivity index (χ1n) is 7.15. The molecule has 1 rings (SSSR count). The lowest BCUT2D eigenvalue weighted by atomic mass is 9.95. The van der Waals surface area contributed by atoms with Gasteiger partial charge in [-0.05, 0) is 5.56 Å². The predicted molar refractivity (Wildman–Crippen MR) is 80.7 cm³/mol. The number of rotatable bonds is 11. The third kappa shape index (κ3) is 8.27. The molecule has 0 amide bonds. The molecule has 1 aromatic carbocycles. The number of nitrogens with one attached hydrogen (secondary N) is 1. The lowest BCUT2D eigenvalue weighted by molar-refractivity contribution is 0.00696. The number of hydrogen-bond donors (Lipinski definition) is 2. The standard InChI is InChI=1S/C16H27NO3/c1-16(2,14-20-11-10-19-9-8-18)13-17-12-15-6-4-3-5-7-15/h3-7,17-18H,8-14H2,1-2H3. The second-order valence-electron chi connectivity index (χ2n) is 5.64. The summed E-state index contributed by atoms with van der Waals surface area (Å²) >= 11 is 0. The van der Waals surface area contributed by atoms with Gasteiger partial charge in [-0.25, -0.2) is 0 Å². The minimum absolute atomic E-state index is 0.0644. The van der Waals surface area contributed by atoms with Crippen LogP contribution in [0.5, 0.6) is 0 Å². The summed E-state index contributed by atoms with van der Waals surface area (Å²) < 4.78 is 10.7. The van der Waals surface area contributed by atoms with Crippen molar-refractivity contribution in [1.82, 2.24) is 5.32 Å². The van der Waals surface area contributed by atoms with Gasteiger partial charge in [-0.2, -0.15) is 0 Å². The molecule has 2 N–H and O–H groups in total. The van der Waals surface area contributed by atoms with Gasteiger partial charge in [-0.1, -0.05) is 44.2 Å². The first-order valence-corrected chi connectivity index (χ1v) is 7.15. The van der Waals surface area contributed by atoms with Gasteiger partial charge in [0, 0.05) is 18.5 Å². The molecule has 0 aliphatic carbocycles. The highest BCUT2D eigenvalue weighted by Crippen LogP contribution is 2.14. The highest BCUT2D eigenvalue weighted by Gasteiger charge is 2.17. The van der Waals surface area contributed by atoms with Crippen LogP contribution in [0.25, 0.3) is 0 Å². The smallest absolute Gasteiger partial charge is 0.0701 e. The topological polar surface area (TPSA) is 50.7 Å². The van der Waals surface area contributed by atoms with Crippen LogP contribution in [-0.4, -0.2) is 44.7 Å². The summed E-state index contributed by atoms with van der Waals surface area (Å²) in [5, 5.41) is 12.0. The van der Waals surface area contributed by atoms with Crippen LogP contribution in [0.15, 0.2) is 30.3 Å². The second-order valence-corrected chi connectivity index (χ2v) is 5.64. The van der Waals surface area contributed by atoms with E-state index in [1.807, 2.05) is 6.07 Å². The molecule has 0 aromatic heterocycles. The van der Waals surface area contributed by atoms with Crippen molar-refractivity contribution in [2.45, 2.75) is 20.4 Å². The molecule has 114 valence electrons. The first-order chi connectivity index (χ1) is 9.64. The molecule has 0 saturated heterocycles. The largest absolute Gasteiger partial charge is 0.394 e. The molecule has 0 aliphatic heterocycles. The van der Waals surface area contributed by atoms with Crippen LogP contribution in [0.2, 0.25) is 0 Å². The lowest BCUT2D eigenvalue weighted by Gasteiger charge is -2.25. The Bertz CT molecular complexity index is 341. The van der Waals surface area contributed by atoms with Crippen LogP contribution in [0.1, 0.15) is 19.4 Å². The predicted octanol–water partition coefficient (Wildman–Crippen LogP) is 1.83. The SMILES string of the molecule is CC(C)(CNCc1ccccc1)COCCOCCO. The number of ether oxygens (including phenoxy) is 2. The Hall–Kier alpha value is -0.940. The number of aliphatic hydroxyl groups excluding tert-OH is 1. The van der Waals surface area contributed by atoms with Gasteiger partial charge in [0.25, 0.3) is 0 Å². The summed E-state index contributed by atoms with van der Waals surface area (Å²) in [6.07, 6.45) is 0. The van der Waals surface area contributed by atoms with E-state index in [1.165, 1.54) is 5.56 Å². The van der Waals surface area contributed by atoms with Gasteiger partial charge in [0.05, 0.1) is 33.0 Å². The highest BCUT2D eigenvalue weighted by molar-refractivity contribution is 5.14. The summed E-state index contributed by atoms with van der Waals surface area (Å²) in [4.78, 5) is 0. The number of benzene rings is 1. The van der Waals surface area contributed by atoms with Crippen LogP contribution >= 0.6 is 0 Å². The van der Waals surface area contributed by atoms with E-state index in [1.54, 1.807) is 0 Å². The van der Waals surface area contributed by atoms with Crippen molar-refractivity contribution < 1.29 is 14.6 Å². The van der Waals surface area contributed by atoms with E-state index in [0.29, 0.717) is 26.4 Å². The Morgan fingerprint density at radius 3 is 2.45 bits per heavy atom. The van der Waals surface area contributed by atoms with E-state index in [9.17, 15) is 0 Å². The van der Waals surface area contributed by atoms with Crippen molar-refractivity contribution in [1.29, 1.82) is 0 Å². The van der Waals surface area contributed by atoms with E-state index in [2.05, 4.69) is 43.4 Å². The summed E-state index contributed by atoms with van der Waals surface area (Å²) in [7, 11) is 0. The van der Waals surface area contributed by atoms with Gasteiger partial charge >= 0.3 is 0 Å². The molecule has 0 aliphatic rings. The van der Waals surface area contributed by atoms with Gasteiger partial charge in [-0.3, -0.25) is 0 Å². The molecule has 4 heteroatoms. The molecule has 0 fully saturated rings. The second kappa shape index (κ2) is 9.88. The van der Waals surface area contributed by atoms with Crippen LogP contribution in [0, 0.1) is 5.41 Å². The van der Waals surface area contributed by atoms with E-state index >= 15 is 0 Å². The Morgan fingerprint density at radius 2 is 1.75 bits per heavy atom. The van der Waals surface area contributed by atoms with Gasteiger partial charge in [0.2, 0.25) is 0 Å². The van der Waals surface area contributed by atoms with E-state index in [-0.39, 0.29) is 12.0 Å². The molecule has 0 saturated carbocycles. The van der Waals surface area contributed by atoms with Crippen LogP contribution in [0.4, 0.5) is 0 Å². The fraction of sp³-hybridized carbons (Fsp3) is 0.625. The highest BCUT2D eigenvalue weighted by atomic mass is 16.5. The Kier molecular flexibility index (Phi) is 8.46. The summed E-state index contributed by atoms with van der Waals surface area (Å²) in [6, 6.07) is 10.4. The zero-order valence-corrected chi connectivity index (χ0v) is 12.6.